The zero-order valence-corrected chi connectivity index (χ0v) is 12.4. The van der Waals surface area contributed by atoms with Crippen LogP contribution in [0.25, 0.3) is 11.3 Å². The smallest absolute Gasteiger partial charge is 0.354 e. The Kier molecular flexibility index (Phi) is 4.38. The number of nitrogens with two attached hydrogens (primary N) is 1. The van der Waals surface area contributed by atoms with Crippen molar-refractivity contribution in [3.63, 3.8) is 0 Å². The van der Waals surface area contributed by atoms with Crippen LogP contribution in [0.1, 0.15) is 23.3 Å². The summed E-state index contributed by atoms with van der Waals surface area (Å²) < 4.78 is 11.2. The van der Waals surface area contributed by atoms with Crippen molar-refractivity contribution < 1.29 is 19.4 Å². The van der Waals surface area contributed by atoms with Crippen molar-refractivity contribution in [3.8, 4) is 17.0 Å². The molecule has 0 radical (unpaired) electrons. The van der Waals surface area contributed by atoms with E-state index in [1.165, 1.54) is 6.07 Å². The van der Waals surface area contributed by atoms with Gasteiger partial charge in [-0.15, -0.1) is 0 Å². The first kappa shape index (κ1) is 15.2. The van der Waals surface area contributed by atoms with Gasteiger partial charge in [0.2, 0.25) is 5.95 Å². The molecule has 2 heterocycles. The molecule has 2 aromatic rings. The molecule has 1 unspecified atom stereocenters. The molecule has 0 spiro atoms. The van der Waals surface area contributed by atoms with Crippen LogP contribution >= 0.6 is 0 Å². The van der Waals surface area contributed by atoms with Crippen molar-refractivity contribution in [3.05, 3.63) is 36.0 Å². The maximum absolute atomic E-state index is 11.0. The van der Waals surface area contributed by atoms with Crippen molar-refractivity contribution in [1.82, 2.24) is 9.97 Å². The van der Waals surface area contributed by atoms with Crippen LogP contribution in [0.2, 0.25) is 0 Å². The number of carboxylic acids is 1. The summed E-state index contributed by atoms with van der Waals surface area (Å²) in [5.41, 5.74) is 6.63. The molecule has 0 aliphatic carbocycles. The number of benzene rings is 1. The van der Waals surface area contributed by atoms with Crippen LogP contribution in [0.3, 0.4) is 0 Å². The third-order valence-electron chi connectivity index (χ3n) is 3.57. The summed E-state index contributed by atoms with van der Waals surface area (Å²) in [6.07, 6.45) is 2.26. The second-order valence-electron chi connectivity index (χ2n) is 5.27. The Morgan fingerprint density at radius 1 is 1.35 bits per heavy atom. The minimum Gasteiger partial charge on any atom is -0.491 e. The highest BCUT2D eigenvalue weighted by Crippen LogP contribution is 2.23. The van der Waals surface area contributed by atoms with Gasteiger partial charge in [0.15, 0.2) is 5.69 Å². The van der Waals surface area contributed by atoms with Crippen LogP contribution in [-0.2, 0) is 4.74 Å². The van der Waals surface area contributed by atoms with Crippen molar-refractivity contribution >= 4 is 11.9 Å². The van der Waals surface area contributed by atoms with E-state index in [-0.39, 0.29) is 17.7 Å². The number of carbonyl (C=O) groups is 1. The lowest BCUT2D eigenvalue weighted by Gasteiger charge is -2.11. The molecule has 0 saturated carbocycles. The number of aromatic nitrogens is 2. The van der Waals surface area contributed by atoms with E-state index in [2.05, 4.69) is 9.97 Å². The van der Waals surface area contributed by atoms with E-state index in [0.717, 1.165) is 30.8 Å². The van der Waals surface area contributed by atoms with Gasteiger partial charge in [-0.25, -0.2) is 14.8 Å². The topological polar surface area (TPSA) is 108 Å². The Hall–Kier alpha value is -2.67. The van der Waals surface area contributed by atoms with Gasteiger partial charge in [-0.1, -0.05) is 0 Å². The molecule has 7 nitrogen and oxygen atoms in total. The summed E-state index contributed by atoms with van der Waals surface area (Å²) in [6.45, 7) is 1.33. The first-order valence-corrected chi connectivity index (χ1v) is 7.34. The number of nitrogen functional groups attached to an aromatic ring is 1. The van der Waals surface area contributed by atoms with Gasteiger partial charge >= 0.3 is 5.97 Å². The Bertz CT molecular complexity index is 697. The van der Waals surface area contributed by atoms with Crippen molar-refractivity contribution in [2.75, 3.05) is 18.9 Å². The van der Waals surface area contributed by atoms with Crippen LogP contribution in [-0.4, -0.2) is 40.4 Å². The SMILES string of the molecule is Nc1nc(C(=O)O)cc(-c2ccc(OCC3CCCO3)cc2)n1. The standard InChI is InChI=1S/C16H17N3O4/c17-16-18-13(8-14(19-16)15(20)21)10-3-5-11(6-4-10)23-9-12-2-1-7-22-12/h3-6,8,12H,1-2,7,9H2,(H,20,21)(H2,17,18,19). The maximum atomic E-state index is 11.0. The molecule has 1 aromatic carbocycles. The molecule has 1 aliphatic rings. The molecule has 3 rings (SSSR count). The highest BCUT2D eigenvalue weighted by molar-refractivity contribution is 5.87. The highest BCUT2D eigenvalue weighted by atomic mass is 16.5. The zero-order chi connectivity index (χ0) is 16.2. The van der Waals surface area contributed by atoms with Crippen molar-refractivity contribution in [2.24, 2.45) is 0 Å². The number of carboxylic acid groups (broad SMARTS) is 1. The minimum absolute atomic E-state index is 0.0707. The normalized spacial score (nSPS) is 17.1. The van der Waals surface area contributed by atoms with Gasteiger partial charge in [0.1, 0.15) is 12.4 Å². The Morgan fingerprint density at radius 2 is 2.13 bits per heavy atom. The molecule has 1 aliphatic heterocycles. The first-order chi connectivity index (χ1) is 11.1. The fraction of sp³-hybridized carbons (Fsp3) is 0.312. The van der Waals surface area contributed by atoms with Gasteiger partial charge in [-0.3, -0.25) is 0 Å². The molecule has 1 aromatic heterocycles. The average Bonchev–Trinajstić information content (AvgIpc) is 3.06. The summed E-state index contributed by atoms with van der Waals surface area (Å²) in [5, 5.41) is 9.02. The summed E-state index contributed by atoms with van der Waals surface area (Å²) in [7, 11) is 0. The van der Waals surface area contributed by atoms with Crippen LogP contribution in [0.5, 0.6) is 5.75 Å². The molecule has 1 atom stereocenters. The molecule has 7 heteroatoms. The maximum Gasteiger partial charge on any atom is 0.354 e. The van der Waals surface area contributed by atoms with Gasteiger partial charge in [0, 0.05) is 12.2 Å². The predicted molar refractivity (Wildman–Crippen MR) is 83.3 cm³/mol. The van der Waals surface area contributed by atoms with Crippen molar-refractivity contribution in [2.45, 2.75) is 18.9 Å². The fourth-order valence-electron chi connectivity index (χ4n) is 2.41. The van der Waals surface area contributed by atoms with E-state index < -0.39 is 5.97 Å². The molecule has 120 valence electrons. The van der Waals surface area contributed by atoms with Gasteiger partial charge in [0.25, 0.3) is 0 Å². The van der Waals surface area contributed by atoms with Crippen LogP contribution in [0.15, 0.2) is 30.3 Å². The molecule has 3 N–H and O–H groups in total. The quantitative estimate of drug-likeness (QED) is 0.868. The summed E-state index contributed by atoms with van der Waals surface area (Å²) in [6, 6.07) is 8.61. The molecule has 0 bridgehead atoms. The van der Waals surface area contributed by atoms with E-state index in [9.17, 15) is 4.79 Å². The Labute approximate surface area is 133 Å². The van der Waals surface area contributed by atoms with Gasteiger partial charge < -0.3 is 20.3 Å². The van der Waals surface area contributed by atoms with Gasteiger partial charge in [-0.2, -0.15) is 0 Å². The summed E-state index contributed by atoms with van der Waals surface area (Å²) >= 11 is 0. The van der Waals surface area contributed by atoms with E-state index in [4.69, 9.17) is 20.3 Å². The number of rotatable bonds is 5. The van der Waals surface area contributed by atoms with E-state index in [1.807, 2.05) is 12.1 Å². The average molecular weight is 315 g/mol. The second kappa shape index (κ2) is 6.62. The van der Waals surface area contributed by atoms with E-state index >= 15 is 0 Å². The molecular weight excluding hydrogens is 298 g/mol. The predicted octanol–water partition coefficient (Wildman–Crippen LogP) is 1.98. The van der Waals surface area contributed by atoms with Crippen LogP contribution in [0, 0.1) is 0 Å². The lowest BCUT2D eigenvalue weighted by atomic mass is 10.1. The van der Waals surface area contributed by atoms with Gasteiger partial charge in [-0.05, 0) is 43.2 Å². The number of hydrogen-bond donors (Lipinski definition) is 2. The molecular formula is C16H17N3O4. The number of ether oxygens (including phenoxy) is 2. The fourth-order valence-corrected chi connectivity index (χ4v) is 2.41. The molecule has 0 amide bonds. The third-order valence-corrected chi connectivity index (χ3v) is 3.57. The minimum atomic E-state index is -1.14. The highest BCUT2D eigenvalue weighted by Gasteiger charge is 2.16. The summed E-state index contributed by atoms with van der Waals surface area (Å²) in [4.78, 5) is 18.8. The zero-order valence-electron chi connectivity index (χ0n) is 12.4. The van der Waals surface area contributed by atoms with Crippen LogP contribution < -0.4 is 10.5 Å². The molecule has 1 saturated heterocycles. The van der Waals surface area contributed by atoms with E-state index in [0.29, 0.717) is 12.3 Å². The van der Waals surface area contributed by atoms with E-state index in [1.54, 1.807) is 12.1 Å². The summed E-state index contributed by atoms with van der Waals surface area (Å²) in [5.74, 6) is -0.486. The monoisotopic (exact) mass is 315 g/mol. The molecule has 23 heavy (non-hydrogen) atoms. The number of nitrogens with zero attached hydrogens (tertiary/aromatic N) is 2. The Balaban J connectivity index is 1.72. The van der Waals surface area contributed by atoms with Gasteiger partial charge in [0.05, 0.1) is 11.8 Å². The Morgan fingerprint density at radius 3 is 2.78 bits per heavy atom. The third kappa shape index (κ3) is 3.75. The first-order valence-electron chi connectivity index (χ1n) is 7.34. The van der Waals surface area contributed by atoms with Crippen LogP contribution in [0.4, 0.5) is 5.95 Å². The largest absolute Gasteiger partial charge is 0.491 e. The molecule has 1 fully saturated rings. The number of aromatic carboxylic acids is 1. The second-order valence-corrected chi connectivity index (χ2v) is 5.27. The number of hydrogen-bond acceptors (Lipinski definition) is 6. The van der Waals surface area contributed by atoms with Crippen molar-refractivity contribution in [1.29, 1.82) is 0 Å². The lowest BCUT2D eigenvalue weighted by Crippen LogP contribution is -2.16. The number of anilines is 1. The lowest BCUT2D eigenvalue weighted by molar-refractivity contribution is 0.0679.